The number of methoxy groups -OCH3 is 1. The van der Waals surface area contributed by atoms with Crippen LogP contribution in [0.1, 0.15) is 15.9 Å². The lowest BCUT2D eigenvalue weighted by Crippen LogP contribution is -2.05. The molecule has 2 rings (SSSR count). The summed E-state index contributed by atoms with van der Waals surface area (Å²) in [5, 5.41) is 9.59. The van der Waals surface area contributed by atoms with Crippen molar-refractivity contribution in [1.82, 2.24) is 0 Å². The maximum absolute atomic E-state index is 12.7. The van der Waals surface area contributed by atoms with E-state index in [4.69, 9.17) is 0 Å². The summed E-state index contributed by atoms with van der Waals surface area (Å²) in [5.74, 6) is -1.06. The Kier molecular flexibility index (Phi) is 3.88. The summed E-state index contributed by atoms with van der Waals surface area (Å²) in [6.45, 7) is 0. The van der Waals surface area contributed by atoms with E-state index >= 15 is 0 Å². The standard InChI is InChI=1S/C15H11F3O3/c1-21-14(20)12-8-10(5-6-13(12)19)9-3-2-4-11(7-9)15(16,17)18/h2-8,19H,1H3. The van der Waals surface area contributed by atoms with Gasteiger partial charge in [0.2, 0.25) is 0 Å². The number of hydrogen-bond donors (Lipinski definition) is 1. The number of aromatic hydroxyl groups is 1. The number of halogens is 3. The average Bonchev–Trinajstić information content (AvgIpc) is 2.46. The predicted octanol–water partition coefficient (Wildman–Crippen LogP) is 3.86. The lowest BCUT2D eigenvalue weighted by Gasteiger charge is -2.10. The van der Waals surface area contributed by atoms with Crippen molar-refractivity contribution in [1.29, 1.82) is 0 Å². The van der Waals surface area contributed by atoms with E-state index in [1.165, 1.54) is 30.3 Å². The molecule has 0 unspecified atom stereocenters. The zero-order chi connectivity index (χ0) is 15.6. The van der Waals surface area contributed by atoms with Crippen molar-refractivity contribution in [3.8, 4) is 16.9 Å². The maximum atomic E-state index is 12.7. The Morgan fingerprint density at radius 3 is 2.38 bits per heavy atom. The van der Waals surface area contributed by atoms with E-state index < -0.39 is 17.7 Å². The lowest BCUT2D eigenvalue weighted by molar-refractivity contribution is -0.137. The molecule has 0 aliphatic rings. The van der Waals surface area contributed by atoms with Gasteiger partial charge in [-0.05, 0) is 35.4 Å². The van der Waals surface area contributed by atoms with Crippen LogP contribution in [0.5, 0.6) is 5.75 Å². The summed E-state index contributed by atoms with van der Waals surface area (Å²) in [5.41, 5.74) is -0.227. The van der Waals surface area contributed by atoms with Crippen LogP contribution in [-0.4, -0.2) is 18.2 Å². The Hall–Kier alpha value is -2.50. The molecule has 0 spiro atoms. The fourth-order valence-electron chi connectivity index (χ4n) is 1.86. The molecule has 3 nitrogen and oxygen atoms in total. The number of rotatable bonds is 2. The van der Waals surface area contributed by atoms with Gasteiger partial charge in [0.05, 0.1) is 12.7 Å². The van der Waals surface area contributed by atoms with Crippen LogP contribution in [-0.2, 0) is 10.9 Å². The smallest absolute Gasteiger partial charge is 0.416 e. The van der Waals surface area contributed by atoms with E-state index in [2.05, 4.69) is 4.74 Å². The summed E-state index contributed by atoms with van der Waals surface area (Å²) in [6.07, 6.45) is -4.45. The van der Waals surface area contributed by atoms with Crippen molar-refractivity contribution in [2.75, 3.05) is 7.11 Å². The maximum Gasteiger partial charge on any atom is 0.416 e. The topological polar surface area (TPSA) is 46.5 Å². The Balaban J connectivity index is 2.50. The van der Waals surface area contributed by atoms with Crippen LogP contribution in [0, 0.1) is 0 Å². The molecule has 0 bridgehead atoms. The normalized spacial score (nSPS) is 11.2. The third kappa shape index (κ3) is 3.16. The first-order valence-electron chi connectivity index (χ1n) is 5.92. The van der Waals surface area contributed by atoms with Gasteiger partial charge >= 0.3 is 12.1 Å². The third-order valence-corrected chi connectivity index (χ3v) is 2.93. The zero-order valence-corrected chi connectivity index (χ0v) is 10.9. The predicted molar refractivity (Wildman–Crippen MR) is 69.9 cm³/mol. The van der Waals surface area contributed by atoms with Crippen LogP contribution in [0.2, 0.25) is 0 Å². The van der Waals surface area contributed by atoms with E-state index in [0.717, 1.165) is 19.2 Å². The molecule has 0 heterocycles. The number of alkyl halides is 3. The van der Waals surface area contributed by atoms with Crippen LogP contribution >= 0.6 is 0 Å². The Bertz CT molecular complexity index is 678. The van der Waals surface area contributed by atoms with Crippen molar-refractivity contribution in [3.05, 3.63) is 53.6 Å². The SMILES string of the molecule is COC(=O)c1cc(-c2cccc(C(F)(F)F)c2)ccc1O. The number of phenolic OH excluding ortho intramolecular Hbond substituents is 1. The number of hydrogen-bond acceptors (Lipinski definition) is 3. The fourth-order valence-corrected chi connectivity index (χ4v) is 1.86. The van der Waals surface area contributed by atoms with E-state index in [1.54, 1.807) is 0 Å². The first-order chi connectivity index (χ1) is 9.82. The minimum absolute atomic E-state index is 0.104. The monoisotopic (exact) mass is 296 g/mol. The molecule has 0 amide bonds. The number of carbonyl (C=O) groups is 1. The molecule has 1 N–H and O–H groups in total. The van der Waals surface area contributed by atoms with Crippen molar-refractivity contribution < 1.29 is 27.8 Å². The highest BCUT2D eigenvalue weighted by Crippen LogP contribution is 2.33. The van der Waals surface area contributed by atoms with Crippen molar-refractivity contribution >= 4 is 5.97 Å². The highest BCUT2D eigenvalue weighted by Gasteiger charge is 2.30. The molecule has 0 atom stereocenters. The molecule has 0 aliphatic carbocycles. The van der Waals surface area contributed by atoms with Crippen molar-refractivity contribution in [3.63, 3.8) is 0 Å². The Labute approximate surface area is 118 Å². The minimum Gasteiger partial charge on any atom is -0.507 e. The second kappa shape index (κ2) is 5.47. The van der Waals surface area contributed by atoms with Gasteiger partial charge in [-0.2, -0.15) is 13.2 Å². The molecule has 6 heteroatoms. The Morgan fingerprint density at radius 1 is 1.10 bits per heavy atom. The van der Waals surface area contributed by atoms with Crippen LogP contribution in [0.25, 0.3) is 11.1 Å². The number of phenols is 1. The van der Waals surface area contributed by atoms with Gasteiger partial charge in [0.1, 0.15) is 11.3 Å². The highest BCUT2D eigenvalue weighted by atomic mass is 19.4. The second-order valence-electron chi connectivity index (χ2n) is 4.30. The van der Waals surface area contributed by atoms with Crippen LogP contribution in [0.15, 0.2) is 42.5 Å². The largest absolute Gasteiger partial charge is 0.507 e. The molecular weight excluding hydrogens is 285 g/mol. The average molecular weight is 296 g/mol. The first-order valence-corrected chi connectivity index (χ1v) is 5.92. The quantitative estimate of drug-likeness (QED) is 0.856. The molecule has 21 heavy (non-hydrogen) atoms. The van der Waals surface area contributed by atoms with Gasteiger partial charge in [-0.3, -0.25) is 0 Å². The zero-order valence-electron chi connectivity index (χ0n) is 10.9. The van der Waals surface area contributed by atoms with Crippen molar-refractivity contribution in [2.24, 2.45) is 0 Å². The van der Waals surface area contributed by atoms with Crippen LogP contribution in [0.3, 0.4) is 0 Å². The highest BCUT2D eigenvalue weighted by molar-refractivity contribution is 5.94. The molecule has 0 aliphatic heterocycles. The fraction of sp³-hybridized carbons (Fsp3) is 0.133. The lowest BCUT2D eigenvalue weighted by atomic mass is 10.0. The number of benzene rings is 2. The van der Waals surface area contributed by atoms with Gasteiger partial charge in [0.25, 0.3) is 0 Å². The van der Waals surface area contributed by atoms with Gasteiger partial charge in [0.15, 0.2) is 0 Å². The molecule has 2 aromatic rings. The molecule has 0 fully saturated rings. The number of carbonyl (C=O) groups excluding carboxylic acids is 1. The van der Waals surface area contributed by atoms with Crippen LogP contribution < -0.4 is 0 Å². The van der Waals surface area contributed by atoms with Gasteiger partial charge in [0, 0.05) is 0 Å². The molecule has 0 saturated carbocycles. The van der Waals surface area contributed by atoms with Gasteiger partial charge in [-0.1, -0.05) is 18.2 Å². The summed E-state index contributed by atoms with van der Waals surface area (Å²) >= 11 is 0. The van der Waals surface area contributed by atoms with E-state index in [1.807, 2.05) is 0 Å². The molecule has 0 aromatic heterocycles. The summed E-state index contributed by atoms with van der Waals surface area (Å²) < 4.78 is 42.6. The minimum atomic E-state index is -4.45. The number of esters is 1. The van der Waals surface area contributed by atoms with Gasteiger partial charge in [-0.25, -0.2) is 4.79 Å². The van der Waals surface area contributed by atoms with Gasteiger partial charge < -0.3 is 9.84 Å². The second-order valence-corrected chi connectivity index (χ2v) is 4.30. The molecular formula is C15H11F3O3. The van der Waals surface area contributed by atoms with E-state index in [9.17, 15) is 23.1 Å². The van der Waals surface area contributed by atoms with Gasteiger partial charge in [-0.15, -0.1) is 0 Å². The first kappa shape index (κ1) is 14.9. The molecule has 110 valence electrons. The van der Waals surface area contributed by atoms with E-state index in [0.29, 0.717) is 5.56 Å². The number of ether oxygens (including phenoxy) is 1. The van der Waals surface area contributed by atoms with Crippen LogP contribution in [0.4, 0.5) is 13.2 Å². The molecule has 0 saturated heterocycles. The molecule has 0 radical (unpaired) electrons. The third-order valence-electron chi connectivity index (χ3n) is 2.93. The molecule has 2 aromatic carbocycles. The Morgan fingerprint density at radius 2 is 1.76 bits per heavy atom. The summed E-state index contributed by atoms with van der Waals surface area (Å²) in [7, 11) is 1.15. The van der Waals surface area contributed by atoms with E-state index in [-0.39, 0.29) is 16.9 Å². The summed E-state index contributed by atoms with van der Waals surface area (Å²) in [6, 6.07) is 8.67. The van der Waals surface area contributed by atoms with Crippen molar-refractivity contribution in [2.45, 2.75) is 6.18 Å². The summed E-state index contributed by atoms with van der Waals surface area (Å²) in [4.78, 5) is 11.5.